The zero-order chi connectivity index (χ0) is 22.5. The molecule has 0 aliphatic rings. The Morgan fingerprint density at radius 3 is 1.74 bits per heavy atom. The quantitative estimate of drug-likeness (QED) is 0.312. The maximum absolute atomic E-state index is 10.5. The highest BCUT2D eigenvalue weighted by atomic mass is 79.9. The minimum absolute atomic E-state index is 0. The zero-order valence-corrected chi connectivity index (χ0v) is 20.9. The van der Waals surface area contributed by atoms with E-state index >= 15 is 0 Å². The van der Waals surface area contributed by atoms with Crippen molar-refractivity contribution in [3.05, 3.63) is 75.0 Å². The third kappa shape index (κ3) is 11.7. The fraction of sp³-hybridized carbons (Fsp3) is 0.190. The Morgan fingerprint density at radius 2 is 1.39 bits per heavy atom. The first-order valence-corrected chi connectivity index (χ1v) is 11.4. The summed E-state index contributed by atoms with van der Waals surface area (Å²) in [5, 5.41) is 0. The number of hydrogen-bond donors (Lipinski definition) is 1. The largest absolute Gasteiger partial charge is 0.444 e. The molecule has 2 N–H and O–H groups in total. The van der Waals surface area contributed by atoms with Gasteiger partial charge in [-0.05, 0) is 48.5 Å². The molecule has 0 saturated carbocycles. The Morgan fingerprint density at radius 1 is 0.903 bits per heavy atom. The number of primary amides is 1. The van der Waals surface area contributed by atoms with Crippen LogP contribution in [-0.2, 0) is 10.7 Å². The summed E-state index contributed by atoms with van der Waals surface area (Å²) in [6.07, 6.45) is 1.57. The smallest absolute Gasteiger partial charge is 0.248 e. The highest BCUT2D eigenvalue weighted by molar-refractivity contribution is 9.10. The normalized spacial score (nSPS) is 9.32. The molecule has 0 aliphatic heterocycles. The Labute approximate surface area is 213 Å². The number of amides is 1. The SMILES string of the molecule is C.ClCc1coc(-c2ccc(Br)cc2)n1.NC(=O)c1ccc(Br)cc1.O=C(CCl)CCl. The van der Waals surface area contributed by atoms with Crippen LogP contribution < -0.4 is 5.73 Å². The van der Waals surface area contributed by atoms with Crippen LogP contribution in [0, 0.1) is 0 Å². The lowest BCUT2D eigenvalue weighted by atomic mass is 10.2. The van der Waals surface area contributed by atoms with Gasteiger partial charge < -0.3 is 10.2 Å². The average molecular weight is 616 g/mol. The lowest BCUT2D eigenvalue weighted by molar-refractivity contribution is -0.114. The number of alkyl halides is 3. The first kappa shape index (κ1) is 29.6. The summed E-state index contributed by atoms with van der Waals surface area (Å²) < 4.78 is 7.25. The van der Waals surface area contributed by atoms with E-state index in [0.717, 1.165) is 20.2 Å². The number of nitrogens with zero attached hydrogens (tertiary/aromatic N) is 1. The molecular formula is C21H21Br2Cl3N2O3. The number of rotatable bonds is 5. The van der Waals surface area contributed by atoms with Crippen LogP contribution >= 0.6 is 66.7 Å². The van der Waals surface area contributed by atoms with Gasteiger partial charge in [0.1, 0.15) is 6.26 Å². The fourth-order valence-corrected chi connectivity index (χ4v) is 2.68. The average Bonchev–Trinajstić information content (AvgIpc) is 3.24. The number of aromatic nitrogens is 1. The van der Waals surface area contributed by atoms with Crippen molar-refractivity contribution in [3.63, 3.8) is 0 Å². The molecule has 0 radical (unpaired) electrons. The van der Waals surface area contributed by atoms with Crippen LogP contribution in [0.15, 0.2) is 68.2 Å². The van der Waals surface area contributed by atoms with Gasteiger partial charge in [-0.1, -0.05) is 39.3 Å². The number of hydrogen-bond acceptors (Lipinski definition) is 4. The first-order chi connectivity index (χ1) is 14.3. The summed E-state index contributed by atoms with van der Waals surface area (Å²) >= 11 is 22.3. The van der Waals surface area contributed by atoms with E-state index in [9.17, 15) is 9.59 Å². The minimum Gasteiger partial charge on any atom is -0.444 e. The Bertz CT molecular complexity index is 928. The summed E-state index contributed by atoms with van der Waals surface area (Å²) in [6.45, 7) is 0. The topological polar surface area (TPSA) is 86.2 Å². The predicted octanol–water partition coefficient (Wildman–Crippen LogP) is 7.06. The van der Waals surface area contributed by atoms with Crippen LogP contribution in [-0.4, -0.2) is 28.4 Å². The van der Waals surface area contributed by atoms with Crippen molar-refractivity contribution < 1.29 is 14.0 Å². The number of carbonyl (C=O) groups is 2. The fourth-order valence-electron chi connectivity index (χ4n) is 1.74. The van der Waals surface area contributed by atoms with Gasteiger partial charge in [-0.2, -0.15) is 0 Å². The Balaban J connectivity index is 0.000000468. The highest BCUT2D eigenvalue weighted by Crippen LogP contribution is 2.21. The molecule has 1 amide bonds. The molecule has 3 rings (SSSR count). The van der Waals surface area contributed by atoms with E-state index in [1.807, 2.05) is 24.3 Å². The van der Waals surface area contributed by atoms with E-state index in [1.54, 1.807) is 30.5 Å². The van der Waals surface area contributed by atoms with Crippen molar-refractivity contribution in [3.8, 4) is 11.5 Å². The van der Waals surface area contributed by atoms with E-state index in [2.05, 4.69) is 36.8 Å². The Hall–Kier alpha value is -1.38. The second-order valence-electron chi connectivity index (χ2n) is 5.46. The number of halogens is 5. The maximum Gasteiger partial charge on any atom is 0.248 e. The second-order valence-corrected chi connectivity index (χ2v) is 8.09. The summed E-state index contributed by atoms with van der Waals surface area (Å²) in [6, 6.07) is 14.7. The molecule has 0 bridgehead atoms. The number of carbonyl (C=O) groups excluding carboxylic acids is 2. The van der Waals surface area contributed by atoms with Gasteiger partial charge in [-0.15, -0.1) is 34.8 Å². The number of ketones is 1. The number of benzene rings is 2. The zero-order valence-electron chi connectivity index (χ0n) is 15.5. The summed E-state index contributed by atoms with van der Waals surface area (Å²) in [5.74, 6) is 0.520. The van der Waals surface area contributed by atoms with Gasteiger partial charge in [0.05, 0.1) is 23.3 Å². The summed E-state index contributed by atoms with van der Waals surface area (Å²) in [4.78, 5) is 24.7. The van der Waals surface area contributed by atoms with Gasteiger partial charge in [-0.25, -0.2) is 4.98 Å². The van der Waals surface area contributed by atoms with Gasteiger partial charge in [0.25, 0.3) is 0 Å². The molecular weight excluding hydrogens is 594 g/mol. The molecule has 10 heteroatoms. The molecule has 0 atom stereocenters. The van der Waals surface area contributed by atoms with Gasteiger partial charge in [-0.3, -0.25) is 9.59 Å². The summed E-state index contributed by atoms with van der Waals surface area (Å²) in [7, 11) is 0. The van der Waals surface area contributed by atoms with Crippen LogP contribution in [0.4, 0.5) is 0 Å². The standard InChI is InChI=1S/C10H7BrClNO.C7H6BrNO.C3H4Cl2O.CH4/c11-8-3-1-7(2-4-8)10-13-9(5-12)6-14-10;8-6-3-1-5(2-4-6)7(9)10;4-1-3(6)2-5;/h1-4,6H,5H2;1-4H,(H2,9,10);1-2H2;1H4. The van der Waals surface area contributed by atoms with Crippen molar-refractivity contribution >= 4 is 78.4 Å². The van der Waals surface area contributed by atoms with Crippen LogP contribution in [0.3, 0.4) is 0 Å². The molecule has 3 aromatic rings. The lowest BCUT2D eigenvalue weighted by Crippen LogP contribution is -2.10. The predicted molar refractivity (Wildman–Crippen MR) is 135 cm³/mol. The maximum atomic E-state index is 10.5. The monoisotopic (exact) mass is 612 g/mol. The lowest BCUT2D eigenvalue weighted by Gasteiger charge is -1.94. The molecule has 0 saturated heterocycles. The third-order valence-electron chi connectivity index (χ3n) is 3.21. The van der Waals surface area contributed by atoms with E-state index in [-0.39, 0.29) is 25.0 Å². The van der Waals surface area contributed by atoms with Crippen molar-refractivity contribution in [1.82, 2.24) is 4.98 Å². The molecule has 0 unspecified atom stereocenters. The van der Waals surface area contributed by atoms with Gasteiger partial charge in [0.15, 0.2) is 5.78 Å². The van der Waals surface area contributed by atoms with Crippen LogP contribution in [0.5, 0.6) is 0 Å². The molecule has 0 spiro atoms. The number of nitrogens with two attached hydrogens (primary N) is 1. The first-order valence-electron chi connectivity index (χ1n) is 8.26. The molecule has 0 fully saturated rings. The van der Waals surface area contributed by atoms with Crippen LogP contribution in [0.2, 0.25) is 0 Å². The van der Waals surface area contributed by atoms with Crippen molar-refractivity contribution in [2.24, 2.45) is 5.73 Å². The number of oxazole rings is 1. The summed E-state index contributed by atoms with van der Waals surface area (Å²) in [5.41, 5.74) is 7.24. The van der Waals surface area contributed by atoms with Crippen molar-refractivity contribution in [2.45, 2.75) is 13.3 Å². The molecule has 0 aliphatic carbocycles. The highest BCUT2D eigenvalue weighted by Gasteiger charge is 2.05. The van der Waals surface area contributed by atoms with E-state index in [0.29, 0.717) is 17.3 Å². The van der Waals surface area contributed by atoms with Crippen LogP contribution in [0.1, 0.15) is 23.5 Å². The second kappa shape index (κ2) is 16.3. The molecule has 2 aromatic carbocycles. The third-order valence-corrected chi connectivity index (χ3v) is 5.13. The minimum atomic E-state index is -0.396. The molecule has 1 heterocycles. The molecule has 5 nitrogen and oxygen atoms in total. The van der Waals surface area contributed by atoms with Crippen LogP contribution in [0.25, 0.3) is 11.5 Å². The van der Waals surface area contributed by atoms with E-state index in [1.165, 1.54) is 0 Å². The van der Waals surface area contributed by atoms with Gasteiger partial charge in [0, 0.05) is 20.1 Å². The van der Waals surface area contributed by atoms with E-state index < -0.39 is 5.91 Å². The number of Topliss-reactive ketones (excluding diaryl/α,β-unsaturated/α-hetero) is 1. The molecule has 1 aromatic heterocycles. The van der Waals surface area contributed by atoms with Crippen molar-refractivity contribution in [2.75, 3.05) is 11.8 Å². The van der Waals surface area contributed by atoms with Crippen molar-refractivity contribution in [1.29, 1.82) is 0 Å². The van der Waals surface area contributed by atoms with Gasteiger partial charge >= 0.3 is 0 Å². The molecule has 31 heavy (non-hydrogen) atoms. The Kier molecular flexibility index (Phi) is 15.6. The van der Waals surface area contributed by atoms with E-state index in [4.69, 9.17) is 45.0 Å². The molecule has 168 valence electrons. The van der Waals surface area contributed by atoms with Gasteiger partial charge in [0.2, 0.25) is 11.8 Å².